The summed E-state index contributed by atoms with van der Waals surface area (Å²) in [6.45, 7) is 0.207. The second-order valence-electron chi connectivity index (χ2n) is 5.48. The van der Waals surface area contributed by atoms with Crippen LogP contribution < -0.4 is 4.72 Å². The first-order valence-electron chi connectivity index (χ1n) is 7.70. The van der Waals surface area contributed by atoms with Crippen molar-refractivity contribution >= 4 is 38.5 Å². The van der Waals surface area contributed by atoms with Crippen LogP contribution in [0.1, 0.15) is 25.7 Å². The maximum atomic E-state index is 12.3. The molecule has 4 nitrogen and oxygen atoms in total. The Bertz CT molecular complexity index is 929. The number of carbonyl (C=O) groups excluding carboxylic acids is 1. The number of rotatable bonds is 8. The van der Waals surface area contributed by atoms with Crippen molar-refractivity contribution in [3.8, 4) is 0 Å². The molecule has 0 atom stereocenters. The highest BCUT2D eigenvalue weighted by Gasteiger charge is 2.14. The number of hydrogen-bond acceptors (Lipinski definition) is 5. The minimum atomic E-state index is -3.36. The standard InChI is InChI=1S/C18H17NO3S3/c20-18(15-8-10-23-13-15)17-7-6-16(24-17)12-19-25(21,22)11-9-14-4-2-1-3-5-14/h1-8,10,13,19H,9,11-12H2. The van der Waals surface area contributed by atoms with Crippen molar-refractivity contribution in [2.45, 2.75) is 13.0 Å². The van der Waals surface area contributed by atoms with Gasteiger partial charge >= 0.3 is 0 Å². The van der Waals surface area contributed by atoms with E-state index in [0.717, 1.165) is 10.4 Å². The molecule has 25 heavy (non-hydrogen) atoms. The van der Waals surface area contributed by atoms with E-state index < -0.39 is 10.0 Å². The van der Waals surface area contributed by atoms with Gasteiger partial charge in [0.15, 0.2) is 0 Å². The number of thiophene rings is 2. The maximum absolute atomic E-state index is 12.3. The molecule has 0 aliphatic rings. The van der Waals surface area contributed by atoms with Gasteiger partial charge in [0.1, 0.15) is 0 Å². The van der Waals surface area contributed by atoms with E-state index in [1.165, 1.54) is 22.7 Å². The van der Waals surface area contributed by atoms with Gasteiger partial charge in [-0.25, -0.2) is 13.1 Å². The van der Waals surface area contributed by atoms with Crippen LogP contribution in [0.15, 0.2) is 59.3 Å². The van der Waals surface area contributed by atoms with E-state index in [4.69, 9.17) is 0 Å². The maximum Gasteiger partial charge on any atom is 0.212 e. The van der Waals surface area contributed by atoms with E-state index in [-0.39, 0.29) is 18.1 Å². The summed E-state index contributed by atoms with van der Waals surface area (Å²) in [7, 11) is -3.36. The van der Waals surface area contributed by atoms with Gasteiger partial charge in [0.25, 0.3) is 0 Å². The Kier molecular flexibility index (Phi) is 5.80. The summed E-state index contributed by atoms with van der Waals surface area (Å²) in [5.74, 6) is 0.0211. The molecule has 0 saturated heterocycles. The predicted octanol–water partition coefficient (Wildman–Crippen LogP) is 3.70. The predicted molar refractivity (Wildman–Crippen MR) is 103 cm³/mol. The molecular weight excluding hydrogens is 374 g/mol. The molecule has 0 bridgehead atoms. The summed E-state index contributed by atoms with van der Waals surface area (Å²) in [6.07, 6.45) is 0.475. The Morgan fingerprint density at radius 3 is 2.56 bits per heavy atom. The van der Waals surface area contributed by atoms with Crippen LogP contribution in [0.3, 0.4) is 0 Å². The van der Waals surface area contributed by atoms with Gasteiger partial charge in [-0.15, -0.1) is 11.3 Å². The van der Waals surface area contributed by atoms with Crippen LogP contribution in [-0.2, 0) is 23.0 Å². The average Bonchev–Trinajstić information content (AvgIpc) is 3.31. The van der Waals surface area contributed by atoms with Gasteiger partial charge in [-0.1, -0.05) is 30.3 Å². The Hall–Kier alpha value is -1.80. The first-order chi connectivity index (χ1) is 12.0. The van der Waals surface area contributed by atoms with Crippen LogP contribution in [0.2, 0.25) is 0 Å². The molecule has 0 fully saturated rings. The van der Waals surface area contributed by atoms with Gasteiger partial charge in [0.2, 0.25) is 15.8 Å². The van der Waals surface area contributed by atoms with Crippen LogP contribution in [0.5, 0.6) is 0 Å². The van der Waals surface area contributed by atoms with Crippen LogP contribution in [0, 0.1) is 0 Å². The topological polar surface area (TPSA) is 63.2 Å². The van der Waals surface area contributed by atoms with Crippen molar-refractivity contribution in [3.63, 3.8) is 0 Å². The Balaban J connectivity index is 1.55. The fraction of sp³-hybridized carbons (Fsp3) is 0.167. The summed E-state index contributed by atoms with van der Waals surface area (Å²) in [5.41, 5.74) is 1.66. The zero-order valence-corrected chi connectivity index (χ0v) is 15.8. The molecule has 1 aromatic carbocycles. The second kappa shape index (κ2) is 8.05. The van der Waals surface area contributed by atoms with Crippen molar-refractivity contribution in [1.29, 1.82) is 0 Å². The van der Waals surface area contributed by atoms with E-state index in [1.807, 2.05) is 41.1 Å². The molecule has 2 heterocycles. The van der Waals surface area contributed by atoms with Crippen LogP contribution in [0.25, 0.3) is 0 Å². The molecule has 7 heteroatoms. The lowest BCUT2D eigenvalue weighted by molar-refractivity contribution is 0.104. The molecule has 130 valence electrons. The number of ketones is 1. The molecule has 0 unspecified atom stereocenters. The number of aryl methyl sites for hydroxylation is 1. The van der Waals surface area contributed by atoms with Crippen molar-refractivity contribution in [3.05, 3.63) is 80.2 Å². The van der Waals surface area contributed by atoms with Crippen molar-refractivity contribution in [2.24, 2.45) is 0 Å². The average molecular weight is 392 g/mol. The smallest absolute Gasteiger partial charge is 0.212 e. The molecule has 3 rings (SSSR count). The second-order valence-corrected chi connectivity index (χ2v) is 9.36. The van der Waals surface area contributed by atoms with Gasteiger partial charge < -0.3 is 0 Å². The summed E-state index contributed by atoms with van der Waals surface area (Å²) < 4.78 is 26.9. The number of carbonyl (C=O) groups is 1. The number of sulfonamides is 1. The molecule has 0 saturated carbocycles. The number of benzene rings is 1. The van der Waals surface area contributed by atoms with Crippen molar-refractivity contribution in [2.75, 3.05) is 5.75 Å². The summed E-state index contributed by atoms with van der Waals surface area (Å²) in [5, 5.41) is 3.68. The molecule has 0 spiro atoms. The summed E-state index contributed by atoms with van der Waals surface area (Å²) >= 11 is 2.80. The molecule has 0 amide bonds. The first kappa shape index (κ1) is 18.0. The van der Waals surface area contributed by atoms with Crippen LogP contribution >= 0.6 is 22.7 Å². The SMILES string of the molecule is O=C(c1ccsc1)c1ccc(CNS(=O)(=O)CCc2ccccc2)s1. The minimum Gasteiger partial charge on any atom is -0.288 e. The fourth-order valence-electron chi connectivity index (χ4n) is 2.28. The largest absolute Gasteiger partial charge is 0.288 e. The lowest BCUT2D eigenvalue weighted by Crippen LogP contribution is -2.26. The van der Waals surface area contributed by atoms with Gasteiger partial charge in [-0.05, 0) is 35.6 Å². The first-order valence-corrected chi connectivity index (χ1v) is 11.1. The van der Waals surface area contributed by atoms with E-state index in [2.05, 4.69) is 4.72 Å². The van der Waals surface area contributed by atoms with Crippen LogP contribution in [0.4, 0.5) is 0 Å². The fourth-order valence-corrected chi connectivity index (χ4v) is 4.94. The Morgan fingerprint density at radius 1 is 1.04 bits per heavy atom. The lowest BCUT2D eigenvalue weighted by atomic mass is 10.2. The van der Waals surface area contributed by atoms with E-state index in [9.17, 15) is 13.2 Å². The monoisotopic (exact) mass is 391 g/mol. The van der Waals surface area contributed by atoms with E-state index >= 15 is 0 Å². The number of hydrogen-bond donors (Lipinski definition) is 1. The third-order valence-corrected chi connectivity index (χ3v) is 6.73. The highest BCUT2D eigenvalue weighted by molar-refractivity contribution is 7.89. The third kappa shape index (κ3) is 5.09. The number of nitrogens with one attached hydrogen (secondary N) is 1. The Labute approximate surface area is 155 Å². The quantitative estimate of drug-likeness (QED) is 0.596. The highest BCUT2D eigenvalue weighted by atomic mass is 32.2. The zero-order chi connectivity index (χ0) is 17.7. The van der Waals surface area contributed by atoms with Crippen molar-refractivity contribution in [1.82, 2.24) is 4.72 Å². The molecule has 0 aliphatic heterocycles. The van der Waals surface area contributed by atoms with E-state index in [0.29, 0.717) is 16.9 Å². The molecule has 3 aromatic rings. The Morgan fingerprint density at radius 2 is 1.84 bits per heavy atom. The summed E-state index contributed by atoms with van der Waals surface area (Å²) in [6, 6.07) is 14.9. The minimum absolute atomic E-state index is 0.0237. The lowest BCUT2D eigenvalue weighted by Gasteiger charge is -2.05. The normalized spacial score (nSPS) is 11.5. The molecular formula is C18H17NO3S3. The van der Waals surface area contributed by atoms with Gasteiger partial charge in [0.05, 0.1) is 10.6 Å². The molecule has 2 aromatic heterocycles. The highest BCUT2D eigenvalue weighted by Crippen LogP contribution is 2.21. The molecule has 0 radical (unpaired) electrons. The van der Waals surface area contributed by atoms with E-state index in [1.54, 1.807) is 18.2 Å². The van der Waals surface area contributed by atoms with Crippen molar-refractivity contribution < 1.29 is 13.2 Å². The zero-order valence-electron chi connectivity index (χ0n) is 13.3. The van der Waals surface area contributed by atoms with Gasteiger partial charge in [-0.3, -0.25) is 4.79 Å². The molecule has 0 aliphatic carbocycles. The van der Waals surface area contributed by atoms with Gasteiger partial charge in [-0.2, -0.15) is 11.3 Å². The molecule has 1 N–H and O–H groups in total. The summed E-state index contributed by atoms with van der Waals surface area (Å²) in [4.78, 5) is 13.7. The third-order valence-electron chi connectivity index (χ3n) is 3.64. The van der Waals surface area contributed by atoms with Crippen LogP contribution in [-0.4, -0.2) is 20.0 Å². The van der Waals surface area contributed by atoms with Gasteiger partial charge in [0, 0.05) is 22.4 Å².